The van der Waals surface area contributed by atoms with Crippen molar-refractivity contribution in [2.75, 3.05) is 25.1 Å². The van der Waals surface area contributed by atoms with Gasteiger partial charge in [-0.15, -0.1) is 0 Å². The molecule has 2 rings (SSSR count). The highest BCUT2D eigenvalue weighted by Gasteiger charge is 2.27. The summed E-state index contributed by atoms with van der Waals surface area (Å²) in [6, 6.07) is 8.52. The Bertz CT molecular complexity index is 392. The third-order valence-electron chi connectivity index (χ3n) is 3.88. The van der Waals surface area contributed by atoms with Crippen LogP contribution in [0.25, 0.3) is 0 Å². The molecule has 0 spiro atoms. The van der Waals surface area contributed by atoms with Gasteiger partial charge in [0.05, 0.1) is 7.11 Å². The molecule has 2 unspecified atom stereocenters. The lowest BCUT2D eigenvalue weighted by molar-refractivity contribution is 0.298. The van der Waals surface area contributed by atoms with E-state index in [2.05, 4.69) is 30.9 Å². The van der Waals surface area contributed by atoms with Crippen LogP contribution in [-0.4, -0.2) is 26.2 Å². The summed E-state index contributed by atoms with van der Waals surface area (Å²) in [7, 11) is 1.71. The van der Waals surface area contributed by atoms with E-state index in [-0.39, 0.29) is 6.04 Å². The molecule has 1 saturated heterocycles. The van der Waals surface area contributed by atoms with Gasteiger partial charge in [-0.1, -0.05) is 19.9 Å². The number of piperidine rings is 1. The summed E-state index contributed by atoms with van der Waals surface area (Å²) in [6.45, 7) is 6.61. The first-order valence-corrected chi connectivity index (χ1v) is 6.74. The minimum atomic E-state index is 0.275. The summed E-state index contributed by atoms with van der Waals surface area (Å²) < 4.78 is 5.29. The number of nitrogens with two attached hydrogens (primary N) is 1. The van der Waals surface area contributed by atoms with E-state index in [1.54, 1.807) is 7.11 Å². The van der Waals surface area contributed by atoms with Crippen molar-refractivity contribution in [3.8, 4) is 5.75 Å². The second-order valence-electron chi connectivity index (χ2n) is 5.61. The quantitative estimate of drug-likeness (QED) is 0.893. The molecule has 1 heterocycles. The molecule has 0 aromatic heterocycles. The predicted octanol–water partition coefficient (Wildman–Crippen LogP) is 2.50. The molecule has 1 fully saturated rings. The topological polar surface area (TPSA) is 38.5 Å². The average Bonchev–Trinajstić information content (AvgIpc) is 2.38. The van der Waals surface area contributed by atoms with Crippen LogP contribution in [0.5, 0.6) is 5.75 Å². The van der Waals surface area contributed by atoms with E-state index >= 15 is 0 Å². The molecule has 0 radical (unpaired) electrons. The van der Waals surface area contributed by atoms with E-state index in [1.807, 2.05) is 12.1 Å². The van der Waals surface area contributed by atoms with E-state index in [0.29, 0.717) is 11.8 Å². The van der Waals surface area contributed by atoms with E-state index in [9.17, 15) is 0 Å². The average molecular weight is 248 g/mol. The highest BCUT2D eigenvalue weighted by atomic mass is 16.5. The molecule has 2 atom stereocenters. The van der Waals surface area contributed by atoms with Gasteiger partial charge in [0.25, 0.3) is 0 Å². The van der Waals surface area contributed by atoms with Gasteiger partial charge in [-0.25, -0.2) is 0 Å². The lowest BCUT2D eigenvalue weighted by atomic mass is 9.85. The molecule has 0 bridgehead atoms. The maximum absolute atomic E-state index is 6.19. The molecule has 18 heavy (non-hydrogen) atoms. The summed E-state index contributed by atoms with van der Waals surface area (Å²) in [5.74, 6) is 2.28. The maximum Gasteiger partial charge on any atom is 0.120 e. The smallest absolute Gasteiger partial charge is 0.120 e. The van der Waals surface area contributed by atoms with Gasteiger partial charge in [0.2, 0.25) is 0 Å². The summed E-state index contributed by atoms with van der Waals surface area (Å²) in [6.07, 6.45) is 1.14. The van der Waals surface area contributed by atoms with Crippen molar-refractivity contribution in [2.45, 2.75) is 26.3 Å². The van der Waals surface area contributed by atoms with Crippen LogP contribution in [0.1, 0.15) is 20.3 Å². The molecule has 0 saturated carbocycles. The summed E-state index contributed by atoms with van der Waals surface area (Å²) in [4.78, 5) is 2.39. The number of hydrogen-bond acceptors (Lipinski definition) is 3. The molecule has 0 aliphatic carbocycles. The predicted molar refractivity (Wildman–Crippen MR) is 76.1 cm³/mol. The zero-order valence-electron chi connectivity index (χ0n) is 11.6. The van der Waals surface area contributed by atoms with Crippen LogP contribution in [0.3, 0.4) is 0 Å². The van der Waals surface area contributed by atoms with E-state index in [0.717, 1.165) is 25.3 Å². The summed E-state index contributed by atoms with van der Waals surface area (Å²) in [5, 5.41) is 0. The molecule has 3 nitrogen and oxygen atoms in total. The Kier molecular flexibility index (Phi) is 4.12. The fourth-order valence-electron chi connectivity index (χ4n) is 2.68. The third kappa shape index (κ3) is 2.96. The van der Waals surface area contributed by atoms with Gasteiger partial charge < -0.3 is 15.4 Å². The molecule has 2 N–H and O–H groups in total. The van der Waals surface area contributed by atoms with Gasteiger partial charge in [-0.05, 0) is 30.4 Å². The lowest BCUT2D eigenvalue weighted by Crippen LogP contribution is -2.48. The van der Waals surface area contributed by atoms with Crippen LogP contribution in [0.2, 0.25) is 0 Å². The Labute approximate surface area is 110 Å². The second kappa shape index (κ2) is 5.61. The van der Waals surface area contributed by atoms with Crippen molar-refractivity contribution >= 4 is 5.69 Å². The van der Waals surface area contributed by atoms with Crippen LogP contribution < -0.4 is 15.4 Å². The number of benzene rings is 1. The molecule has 1 aromatic rings. The highest BCUT2D eigenvalue weighted by Crippen LogP contribution is 2.28. The van der Waals surface area contributed by atoms with Gasteiger partial charge in [-0.3, -0.25) is 0 Å². The Morgan fingerprint density at radius 3 is 2.78 bits per heavy atom. The number of hydrogen-bond donors (Lipinski definition) is 1. The number of methoxy groups -OCH3 is 1. The molecular formula is C15H24N2O. The molecular weight excluding hydrogens is 224 g/mol. The van der Waals surface area contributed by atoms with Crippen molar-refractivity contribution in [2.24, 2.45) is 17.6 Å². The molecule has 1 aliphatic heterocycles. The van der Waals surface area contributed by atoms with Crippen LogP contribution >= 0.6 is 0 Å². The van der Waals surface area contributed by atoms with E-state index in [4.69, 9.17) is 10.5 Å². The minimum absolute atomic E-state index is 0.275. The minimum Gasteiger partial charge on any atom is -0.497 e. The van der Waals surface area contributed by atoms with Crippen molar-refractivity contribution in [3.63, 3.8) is 0 Å². The number of nitrogens with zero attached hydrogens (tertiary/aromatic N) is 1. The Balaban J connectivity index is 2.15. The van der Waals surface area contributed by atoms with Gasteiger partial charge in [-0.2, -0.15) is 0 Å². The maximum atomic E-state index is 6.19. The first kappa shape index (κ1) is 13.2. The van der Waals surface area contributed by atoms with Crippen LogP contribution in [0.15, 0.2) is 24.3 Å². The lowest BCUT2D eigenvalue weighted by Gasteiger charge is -2.39. The van der Waals surface area contributed by atoms with Gasteiger partial charge in [0.15, 0.2) is 0 Å². The monoisotopic (exact) mass is 248 g/mol. The van der Waals surface area contributed by atoms with Gasteiger partial charge >= 0.3 is 0 Å². The second-order valence-corrected chi connectivity index (χ2v) is 5.61. The van der Waals surface area contributed by atoms with Crippen molar-refractivity contribution in [1.29, 1.82) is 0 Å². The molecule has 100 valence electrons. The third-order valence-corrected chi connectivity index (χ3v) is 3.88. The fraction of sp³-hybridized carbons (Fsp3) is 0.600. The number of rotatable bonds is 3. The summed E-state index contributed by atoms with van der Waals surface area (Å²) >= 11 is 0. The highest BCUT2D eigenvalue weighted by molar-refractivity contribution is 5.51. The van der Waals surface area contributed by atoms with Crippen molar-refractivity contribution < 1.29 is 4.74 Å². The Hall–Kier alpha value is -1.22. The van der Waals surface area contributed by atoms with Gasteiger partial charge in [0, 0.05) is 30.9 Å². The largest absolute Gasteiger partial charge is 0.497 e. The first-order chi connectivity index (χ1) is 8.60. The van der Waals surface area contributed by atoms with Crippen molar-refractivity contribution in [1.82, 2.24) is 0 Å². The van der Waals surface area contributed by atoms with Crippen molar-refractivity contribution in [3.05, 3.63) is 24.3 Å². The van der Waals surface area contributed by atoms with E-state index in [1.165, 1.54) is 5.69 Å². The SMILES string of the molecule is COc1cccc(N2CC(N)CC(C(C)C)C2)c1. The van der Waals surface area contributed by atoms with Gasteiger partial charge in [0.1, 0.15) is 5.75 Å². The fourth-order valence-corrected chi connectivity index (χ4v) is 2.68. The zero-order chi connectivity index (χ0) is 13.1. The van der Waals surface area contributed by atoms with E-state index < -0.39 is 0 Å². The standard InChI is InChI=1S/C15H24N2O/c1-11(2)12-7-13(16)10-17(9-12)14-5-4-6-15(8-14)18-3/h4-6,8,11-13H,7,9-10,16H2,1-3H3. The van der Waals surface area contributed by atoms with Crippen LogP contribution in [-0.2, 0) is 0 Å². The molecule has 1 aliphatic rings. The Morgan fingerprint density at radius 1 is 1.33 bits per heavy atom. The number of anilines is 1. The van der Waals surface area contributed by atoms with Crippen LogP contribution in [0, 0.1) is 11.8 Å². The Morgan fingerprint density at radius 2 is 2.11 bits per heavy atom. The molecule has 1 aromatic carbocycles. The normalized spacial score (nSPS) is 24.4. The van der Waals surface area contributed by atoms with Crippen LogP contribution in [0.4, 0.5) is 5.69 Å². The molecule has 3 heteroatoms. The first-order valence-electron chi connectivity index (χ1n) is 6.74. The summed E-state index contributed by atoms with van der Waals surface area (Å²) in [5.41, 5.74) is 7.41. The molecule has 0 amide bonds. The number of ether oxygens (including phenoxy) is 1. The zero-order valence-corrected chi connectivity index (χ0v) is 11.6.